The number of rotatable bonds is 4. The number of carbonyl (C=O) groups is 1. The van der Waals surface area contributed by atoms with Crippen LogP contribution in [0.15, 0.2) is 28.7 Å². The molecule has 0 saturated carbocycles. The molecule has 1 amide bonds. The highest BCUT2D eigenvalue weighted by Gasteiger charge is 2.25. The number of nitrogens with two attached hydrogens (primary N) is 1. The summed E-state index contributed by atoms with van der Waals surface area (Å²) < 4.78 is 5.78. The van der Waals surface area contributed by atoms with E-state index in [9.17, 15) is 4.79 Å². The number of amides is 1. The Morgan fingerprint density at radius 1 is 1.48 bits per heavy atom. The van der Waals surface area contributed by atoms with Gasteiger partial charge < -0.3 is 10.2 Å². The number of likely N-dealkylation sites (tertiary alicyclic amines) is 1. The monoisotopic (exact) mass is 333 g/mol. The second-order valence-corrected chi connectivity index (χ2v) is 6.39. The first-order chi connectivity index (χ1) is 11.0. The summed E-state index contributed by atoms with van der Waals surface area (Å²) in [5, 5.41) is 0.618. The Balaban J connectivity index is 1.77. The third kappa shape index (κ3) is 3.57. The molecule has 1 unspecified atom stereocenters. The van der Waals surface area contributed by atoms with Gasteiger partial charge in [-0.2, -0.15) is 0 Å². The molecule has 1 aliphatic rings. The van der Waals surface area contributed by atoms with Gasteiger partial charge in [0.15, 0.2) is 0 Å². The van der Waals surface area contributed by atoms with Gasteiger partial charge in [-0.05, 0) is 38.4 Å². The van der Waals surface area contributed by atoms with Crippen molar-refractivity contribution in [2.75, 3.05) is 13.1 Å². The van der Waals surface area contributed by atoms with E-state index in [-0.39, 0.29) is 11.8 Å². The van der Waals surface area contributed by atoms with Crippen molar-refractivity contribution in [2.45, 2.75) is 26.3 Å². The van der Waals surface area contributed by atoms with Crippen LogP contribution in [0.3, 0.4) is 0 Å². The van der Waals surface area contributed by atoms with E-state index in [0.29, 0.717) is 24.0 Å². The lowest BCUT2D eigenvalue weighted by Crippen LogP contribution is -2.40. The Morgan fingerprint density at radius 3 is 3.00 bits per heavy atom. The van der Waals surface area contributed by atoms with Gasteiger partial charge in [0.25, 0.3) is 0 Å². The van der Waals surface area contributed by atoms with Gasteiger partial charge in [0.1, 0.15) is 5.76 Å². The number of primary amides is 1. The minimum absolute atomic E-state index is 0.0704. The predicted octanol–water partition coefficient (Wildman–Crippen LogP) is 3.00. The Morgan fingerprint density at radius 2 is 2.26 bits per heavy atom. The minimum Gasteiger partial charge on any atom is -0.441 e. The summed E-state index contributed by atoms with van der Waals surface area (Å²) in [6.07, 6.45) is 1.84. The largest absolute Gasteiger partial charge is 0.441 e. The van der Waals surface area contributed by atoms with Crippen LogP contribution in [-0.4, -0.2) is 28.9 Å². The third-order valence-corrected chi connectivity index (χ3v) is 4.61. The van der Waals surface area contributed by atoms with Crippen molar-refractivity contribution in [3.63, 3.8) is 0 Å². The molecule has 1 aliphatic heterocycles. The lowest BCUT2D eigenvalue weighted by molar-refractivity contribution is -0.123. The van der Waals surface area contributed by atoms with E-state index in [1.807, 2.05) is 31.2 Å². The van der Waals surface area contributed by atoms with Gasteiger partial charge in [-0.1, -0.05) is 23.7 Å². The fourth-order valence-corrected chi connectivity index (χ4v) is 3.18. The van der Waals surface area contributed by atoms with Crippen LogP contribution in [-0.2, 0) is 11.3 Å². The van der Waals surface area contributed by atoms with Crippen molar-refractivity contribution >= 4 is 17.5 Å². The summed E-state index contributed by atoms with van der Waals surface area (Å²) >= 11 is 6.20. The van der Waals surface area contributed by atoms with Gasteiger partial charge in [-0.3, -0.25) is 9.69 Å². The predicted molar refractivity (Wildman–Crippen MR) is 88.9 cm³/mol. The van der Waals surface area contributed by atoms with Crippen molar-refractivity contribution in [3.05, 3.63) is 40.7 Å². The van der Waals surface area contributed by atoms with Crippen LogP contribution >= 0.6 is 11.6 Å². The molecule has 6 heteroatoms. The lowest BCUT2D eigenvalue weighted by atomic mass is 9.97. The first kappa shape index (κ1) is 16.0. The number of aromatic nitrogens is 1. The van der Waals surface area contributed by atoms with E-state index in [1.54, 1.807) is 0 Å². The fourth-order valence-electron chi connectivity index (χ4n) is 2.97. The van der Waals surface area contributed by atoms with Crippen LogP contribution in [0.1, 0.15) is 24.3 Å². The highest BCUT2D eigenvalue weighted by Crippen LogP contribution is 2.29. The molecule has 23 heavy (non-hydrogen) atoms. The van der Waals surface area contributed by atoms with Crippen molar-refractivity contribution in [3.8, 4) is 11.5 Å². The summed E-state index contributed by atoms with van der Waals surface area (Å²) in [5.74, 6) is 1.02. The number of piperidine rings is 1. The second-order valence-electron chi connectivity index (χ2n) is 5.98. The fraction of sp³-hybridized carbons (Fsp3) is 0.412. The van der Waals surface area contributed by atoms with E-state index >= 15 is 0 Å². The molecule has 1 aromatic heterocycles. The van der Waals surface area contributed by atoms with E-state index in [0.717, 1.165) is 36.4 Å². The first-order valence-electron chi connectivity index (χ1n) is 7.77. The molecular weight excluding hydrogens is 314 g/mol. The number of hydrogen-bond donors (Lipinski definition) is 1. The molecule has 3 rings (SSSR count). The highest BCUT2D eigenvalue weighted by atomic mass is 35.5. The number of aryl methyl sites for hydroxylation is 1. The topological polar surface area (TPSA) is 72.4 Å². The second kappa shape index (κ2) is 6.72. The zero-order valence-electron chi connectivity index (χ0n) is 13.1. The molecular formula is C17H20ClN3O2. The maximum Gasteiger partial charge on any atom is 0.228 e. The molecule has 1 fully saturated rings. The van der Waals surface area contributed by atoms with E-state index in [1.165, 1.54) is 0 Å². The zero-order chi connectivity index (χ0) is 16.4. The Hall–Kier alpha value is -1.85. The van der Waals surface area contributed by atoms with Crippen LogP contribution in [0.5, 0.6) is 0 Å². The maximum absolute atomic E-state index is 11.4. The maximum atomic E-state index is 11.4. The van der Waals surface area contributed by atoms with Gasteiger partial charge in [0, 0.05) is 13.1 Å². The van der Waals surface area contributed by atoms with Crippen LogP contribution in [0.4, 0.5) is 0 Å². The molecule has 0 spiro atoms. The molecule has 2 aromatic rings. The zero-order valence-corrected chi connectivity index (χ0v) is 13.8. The number of oxazole rings is 1. The van der Waals surface area contributed by atoms with Crippen LogP contribution < -0.4 is 5.73 Å². The van der Waals surface area contributed by atoms with Crippen molar-refractivity contribution in [2.24, 2.45) is 11.7 Å². The Labute approximate surface area is 140 Å². The molecule has 0 aliphatic carbocycles. The van der Waals surface area contributed by atoms with E-state index in [2.05, 4.69) is 9.88 Å². The normalized spacial score (nSPS) is 19.0. The standard InChI is InChI=1S/C17H20ClN3O2/c1-11-15(10-21-8-4-5-12(9-21)16(19)22)20-17(23-11)13-6-2-3-7-14(13)18/h2-3,6-7,12H,4-5,8-10H2,1H3,(H2,19,22). The molecule has 0 radical (unpaired) electrons. The molecule has 2 heterocycles. The van der Waals surface area contributed by atoms with Gasteiger partial charge in [-0.15, -0.1) is 0 Å². The smallest absolute Gasteiger partial charge is 0.228 e. The first-order valence-corrected chi connectivity index (χ1v) is 8.15. The molecule has 5 nitrogen and oxygen atoms in total. The number of nitrogens with zero attached hydrogens (tertiary/aromatic N) is 2. The van der Waals surface area contributed by atoms with Gasteiger partial charge >= 0.3 is 0 Å². The summed E-state index contributed by atoms with van der Waals surface area (Å²) in [4.78, 5) is 18.2. The van der Waals surface area contributed by atoms with Crippen LogP contribution in [0.25, 0.3) is 11.5 Å². The van der Waals surface area contributed by atoms with Crippen molar-refractivity contribution < 1.29 is 9.21 Å². The average molecular weight is 334 g/mol. The van der Waals surface area contributed by atoms with E-state index < -0.39 is 0 Å². The highest BCUT2D eigenvalue weighted by molar-refractivity contribution is 6.33. The van der Waals surface area contributed by atoms with Crippen LogP contribution in [0, 0.1) is 12.8 Å². The Kier molecular flexibility index (Phi) is 4.68. The molecule has 1 atom stereocenters. The SMILES string of the molecule is Cc1oc(-c2ccccc2Cl)nc1CN1CCCC(C(N)=O)C1. The quantitative estimate of drug-likeness (QED) is 0.933. The van der Waals surface area contributed by atoms with Gasteiger partial charge in [0.05, 0.1) is 22.2 Å². The molecule has 2 N–H and O–H groups in total. The van der Waals surface area contributed by atoms with Crippen molar-refractivity contribution in [1.29, 1.82) is 0 Å². The number of hydrogen-bond acceptors (Lipinski definition) is 4. The van der Waals surface area contributed by atoms with E-state index in [4.69, 9.17) is 21.8 Å². The summed E-state index contributed by atoms with van der Waals surface area (Å²) in [7, 11) is 0. The van der Waals surface area contributed by atoms with Crippen LogP contribution in [0.2, 0.25) is 5.02 Å². The average Bonchev–Trinajstić information content (AvgIpc) is 2.89. The van der Waals surface area contributed by atoms with Gasteiger partial charge in [-0.25, -0.2) is 4.98 Å². The molecule has 1 aromatic carbocycles. The number of halogens is 1. The molecule has 1 saturated heterocycles. The molecule has 122 valence electrons. The number of carbonyl (C=O) groups excluding carboxylic acids is 1. The summed E-state index contributed by atoms with van der Waals surface area (Å²) in [6, 6.07) is 7.49. The summed E-state index contributed by atoms with van der Waals surface area (Å²) in [5.41, 5.74) is 7.10. The number of benzene rings is 1. The third-order valence-electron chi connectivity index (χ3n) is 4.28. The van der Waals surface area contributed by atoms with Crippen molar-refractivity contribution in [1.82, 2.24) is 9.88 Å². The van der Waals surface area contributed by atoms with Gasteiger partial charge in [0.2, 0.25) is 11.8 Å². The minimum atomic E-state index is -0.219. The summed E-state index contributed by atoms with van der Waals surface area (Å²) in [6.45, 7) is 4.18. The Bertz CT molecular complexity index is 714. The molecule has 0 bridgehead atoms. The lowest BCUT2D eigenvalue weighted by Gasteiger charge is -2.30.